The molecule has 0 aromatic heterocycles. The van der Waals surface area contributed by atoms with Crippen molar-refractivity contribution in [2.75, 3.05) is 5.73 Å². The van der Waals surface area contributed by atoms with Crippen molar-refractivity contribution in [1.29, 1.82) is 0 Å². The molecule has 0 spiro atoms. The summed E-state index contributed by atoms with van der Waals surface area (Å²) >= 11 is 0. The van der Waals surface area contributed by atoms with E-state index in [0.29, 0.717) is 17.7 Å². The Morgan fingerprint density at radius 3 is 1.85 bits per heavy atom. The van der Waals surface area contributed by atoms with Crippen LogP contribution in [-0.2, 0) is 16.0 Å². The van der Waals surface area contributed by atoms with Crippen LogP contribution in [0.5, 0.6) is 5.75 Å². The van der Waals surface area contributed by atoms with E-state index < -0.39 is 36.0 Å². The molecule has 1 heterocycles. The molecule has 1 aliphatic heterocycles. The van der Waals surface area contributed by atoms with Gasteiger partial charge in [0.15, 0.2) is 0 Å². The van der Waals surface area contributed by atoms with Gasteiger partial charge in [0, 0.05) is 11.3 Å². The quantitative estimate of drug-likeness (QED) is 0.371. The van der Waals surface area contributed by atoms with Gasteiger partial charge in [0.05, 0.1) is 5.57 Å². The van der Waals surface area contributed by atoms with Gasteiger partial charge in [0.1, 0.15) is 5.75 Å². The number of carboxylic acid groups (broad SMARTS) is 2. The van der Waals surface area contributed by atoms with Crippen molar-refractivity contribution in [1.82, 2.24) is 0 Å². The second-order valence-electron chi connectivity index (χ2n) is 6.54. The number of hydrogen-bond acceptors (Lipinski definition) is 4. The monoisotopic (exact) mass is 535 g/mol. The lowest BCUT2D eigenvalue weighted by Gasteiger charge is -2.27. The number of anilines is 1. The van der Waals surface area contributed by atoms with E-state index in [1.54, 1.807) is 24.3 Å². The topological polar surface area (TPSA) is 110 Å². The zero-order valence-corrected chi connectivity index (χ0v) is 18.3. The molecule has 14 heteroatoms. The zero-order chi connectivity index (χ0) is 24.3. The van der Waals surface area contributed by atoms with Gasteiger partial charge in [0.2, 0.25) is 6.10 Å². The number of hydrogen-bond donors (Lipinski definition) is 3. The Morgan fingerprint density at radius 2 is 1.41 bits per heavy atom. The molecule has 0 radical (unpaired) electrons. The first-order chi connectivity index (χ1) is 14.7. The predicted molar refractivity (Wildman–Crippen MR) is 114 cm³/mol. The van der Waals surface area contributed by atoms with Crippen LogP contribution in [0.3, 0.4) is 0 Å². The van der Waals surface area contributed by atoms with Crippen molar-refractivity contribution >= 4 is 48.5 Å². The summed E-state index contributed by atoms with van der Waals surface area (Å²) in [7, 11) is 0. The fourth-order valence-corrected chi connectivity index (χ4v) is 2.63. The van der Waals surface area contributed by atoms with Gasteiger partial charge in [-0.2, -0.15) is 26.3 Å². The molecule has 0 amide bonds. The fraction of sp³-hybridized carbons (Fsp3) is 0.200. The molecule has 4 N–H and O–H groups in total. The molecule has 0 saturated heterocycles. The number of ether oxygens (including phenoxy) is 1. The molecule has 0 saturated carbocycles. The van der Waals surface area contributed by atoms with E-state index in [9.17, 15) is 31.1 Å². The number of benzene rings is 2. The lowest BCUT2D eigenvalue weighted by molar-refractivity contribution is -0.192. The molecule has 2 aromatic rings. The zero-order valence-electron chi connectivity index (χ0n) is 16.7. The van der Waals surface area contributed by atoms with Gasteiger partial charge in [-0.15, -0.1) is 24.8 Å². The van der Waals surface area contributed by atoms with Crippen LogP contribution in [0.1, 0.15) is 16.7 Å². The third-order valence-electron chi connectivity index (χ3n) is 4.09. The molecule has 1 aliphatic rings. The van der Waals surface area contributed by atoms with Gasteiger partial charge >= 0.3 is 24.3 Å². The van der Waals surface area contributed by atoms with Crippen molar-refractivity contribution in [3.8, 4) is 5.75 Å². The molecule has 188 valence electrons. The first kappa shape index (κ1) is 30.9. The van der Waals surface area contributed by atoms with Gasteiger partial charge in [-0.25, -0.2) is 9.59 Å². The van der Waals surface area contributed by atoms with E-state index in [4.69, 9.17) is 25.5 Å². The second kappa shape index (κ2) is 11.8. The van der Waals surface area contributed by atoms with Gasteiger partial charge < -0.3 is 20.7 Å². The third-order valence-corrected chi connectivity index (χ3v) is 4.09. The smallest absolute Gasteiger partial charge is 0.478 e. The van der Waals surface area contributed by atoms with E-state index in [0.717, 1.165) is 17.2 Å². The molecule has 3 rings (SSSR count). The highest BCUT2D eigenvalue weighted by atomic mass is 35.5. The molecule has 2 aromatic carbocycles. The number of aliphatic carboxylic acids is 2. The Labute approximate surface area is 200 Å². The number of nitrogens with two attached hydrogens (primary N) is 1. The largest absolute Gasteiger partial charge is 0.490 e. The number of carbonyl (C=O) groups is 2. The number of rotatable bonds is 3. The Kier molecular flexibility index (Phi) is 10.8. The van der Waals surface area contributed by atoms with Crippen LogP contribution in [0, 0.1) is 0 Å². The van der Waals surface area contributed by atoms with Crippen molar-refractivity contribution < 1.29 is 50.9 Å². The first-order valence-electron chi connectivity index (χ1n) is 8.64. The molecule has 1 unspecified atom stereocenters. The molecule has 1 atom stereocenters. The normalized spacial score (nSPS) is 14.5. The minimum Gasteiger partial charge on any atom is -0.478 e. The molecule has 34 heavy (non-hydrogen) atoms. The number of carboxylic acids is 2. The standard InChI is InChI=1S/C18H14F3NO3.C2HF3O2.2ClH/c19-18(20,21)16-14(17(23)24)9-12-4-1-11(8-15(12)25-16)7-10-2-5-13(22)6-3-10;3-2(4,5)1(6)7;;/h1-6,8-9,16H,7,22H2,(H,23,24);(H,6,7);2*1H. The summed E-state index contributed by atoms with van der Waals surface area (Å²) in [6.45, 7) is 0. The molecule has 0 aliphatic carbocycles. The third kappa shape index (κ3) is 8.34. The Balaban J connectivity index is 0.00000106. The number of halogens is 8. The molecule has 6 nitrogen and oxygen atoms in total. The summed E-state index contributed by atoms with van der Waals surface area (Å²) < 4.78 is 76.0. The van der Waals surface area contributed by atoms with Gasteiger partial charge in [-0.1, -0.05) is 24.3 Å². The van der Waals surface area contributed by atoms with Crippen molar-refractivity contribution in [2.24, 2.45) is 0 Å². The van der Waals surface area contributed by atoms with E-state index in [1.165, 1.54) is 6.07 Å². The average molecular weight is 536 g/mol. The van der Waals surface area contributed by atoms with Crippen molar-refractivity contribution in [3.63, 3.8) is 0 Å². The Hall–Kier alpha value is -3.12. The molecular formula is C20H17Cl2F6NO5. The summed E-state index contributed by atoms with van der Waals surface area (Å²) in [6.07, 6.45) is -10.9. The maximum atomic E-state index is 13.1. The lowest BCUT2D eigenvalue weighted by atomic mass is 9.98. The number of fused-ring (bicyclic) bond motifs is 1. The fourth-order valence-electron chi connectivity index (χ4n) is 2.63. The highest BCUT2D eigenvalue weighted by molar-refractivity contribution is 5.95. The van der Waals surface area contributed by atoms with Crippen LogP contribution >= 0.6 is 24.8 Å². The van der Waals surface area contributed by atoms with Gasteiger partial charge in [-0.3, -0.25) is 0 Å². The Bertz CT molecular complexity index is 1040. The maximum absolute atomic E-state index is 13.1. The predicted octanol–water partition coefficient (Wildman–Crippen LogP) is 5.13. The van der Waals surface area contributed by atoms with Gasteiger partial charge in [-0.05, 0) is 41.8 Å². The summed E-state index contributed by atoms with van der Waals surface area (Å²) in [6, 6.07) is 11.9. The van der Waals surface area contributed by atoms with Crippen molar-refractivity contribution in [2.45, 2.75) is 24.9 Å². The summed E-state index contributed by atoms with van der Waals surface area (Å²) in [5.74, 6) is -4.40. The summed E-state index contributed by atoms with van der Waals surface area (Å²) in [5, 5.41) is 16.1. The Morgan fingerprint density at radius 1 is 0.912 bits per heavy atom. The minimum atomic E-state index is -5.08. The van der Waals surface area contributed by atoms with Crippen LogP contribution in [0.15, 0.2) is 48.0 Å². The highest BCUT2D eigenvalue weighted by Crippen LogP contribution is 2.37. The van der Waals surface area contributed by atoms with Crippen molar-refractivity contribution in [3.05, 3.63) is 64.7 Å². The van der Waals surface area contributed by atoms with E-state index >= 15 is 0 Å². The van der Waals surface area contributed by atoms with E-state index in [-0.39, 0.29) is 30.6 Å². The SMILES string of the molecule is Cl.Cl.Nc1ccc(Cc2ccc3c(c2)OC(C(F)(F)F)C(C(=O)O)=C3)cc1.O=C(O)C(F)(F)F. The number of alkyl halides is 6. The van der Waals surface area contributed by atoms with Crippen LogP contribution in [0.25, 0.3) is 6.08 Å². The van der Waals surface area contributed by atoms with Crippen LogP contribution in [0.4, 0.5) is 32.0 Å². The summed E-state index contributed by atoms with van der Waals surface area (Å²) in [4.78, 5) is 20.0. The second-order valence-corrected chi connectivity index (χ2v) is 6.54. The summed E-state index contributed by atoms with van der Waals surface area (Å²) in [5.41, 5.74) is 7.41. The van der Waals surface area contributed by atoms with Crippen LogP contribution in [-0.4, -0.2) is 40.6 Å². The number of nitrogen functional groups attached to an aromatic ring is 1. The van der Waals surface area contributed by atoms with Gasteiger partial charge in [0.25, 0.3) is 0 Å². The minimum absolute atomic E-state index is 0. The molecule has 0 bridgehead atoms. The van der Waals surface area contributed by atoms with Crippen LogP contribution in [0.2, 0.25) is 0 Å². The van der Waals surface area contributed by atoms with Crippen LogP contribution < -0.4 is 10.5 Å². The average Bonchev–Trinajstić information content (AvgIpc) is 2.67. The maximum Gasteiger partial charge on any atom is 0.490 e. The van der Waals surface area contributed by atoms with E-state index in [1.807, 2.05) is 12.1 Å². The molecular weight excluding hydrogens is 519 g/mol. The van der Waals surface area contributed by atoms with E-state index in [2.05, 4.69) is 0 Å². The first-order valence-corrected chi connectivity index (χ1v) is 8.64. The molecule has 0 fully saturated rings. The lowest BCUT2D eigenvalue weighted by Crippen LogP contribution is -2.40. The highest BCUT2D eigenvalue weighted by Gasteiger charge is 2.48.